The highest BCUT2D eigenvalue weighted by Crippen LogP contribution is 2.65. The predicted molar refractivity (Wildman–Crippen MR) is 77.4 cm³/mol. The van der Waals surface area contributed by atoms with E-state index in [-0.39, 0.29) is 12.1 Å². The number of hydrogen-bond acceptors (Lipinski definition) is 2. The van der Waals surface area contributed by atoms with Crippen LogP contribution < -0.4 is 0 Å². The minimum absolute atomic E-state index is 0.245. The number of methoxy groups -OCH3 is 1. The molecule has 0 radical (unpaired) electrons. The number of carbonyl (C=O) groups excluding carboxylic acids is 1. The van der Waals surface area contributed by atoms with Gasteiger partial charge >= 0.3 is 53.6 Å². The maximum Gasteiger partial charge on any atom is 0.460 e. The van der Waals surface area contributed by atoms with Crippen LogP contribution in [-0.4, -0.2) is 54.8 Å². The summed E-state index contributed by atoms with van der Waals surface area (Å²) in [6, 6.07) is 0.121. The lowest BCUT2D eigenvalue weighted by Crippen LogP contribution is -2.74. The third kappa shape index (κ3) is 4.03. The van der Waals surface area contributed by atoms with E-state index in [1.165, 1.54) is 0 Å². The van der Waals surface area contributed by atoms with E-state index in [4.69, 9.17) is 0 Å². The van der Waals surface area contributed by atoms with Crippen LogP contribution in [0.2, 0.25) is 0 Å². The molecule has 0 aliphatic heterocycles. The molecule has 35 heavy (non-hydrogen) atoms. The molecule has 0 saturated heterocycles. The summed E-state index contributed by atoms with van der Waals surface area (Å²) in [5, 5.41) is 0. The molecule has 0 bridgehead atoms. The fourth-order valence-electron chi connectivity index (χ4n) is 2.30. The standard InChI is InChI=1S/C16H7F17O2/c1-35-8(34)6-3-2-4-7(5-6)9(17,18)10(19,20)11(21,22)12(23,24)13(25,26)14(27,28)15(29,30)16(31,32)33/h2-5H,1H3. The molecule has 0 saturated carbocycles. The fraction of sp³-hybridized carbons (Fsp3) is 0.562. The molecule has 1 aromatic rings. The number of carbonyl (C=O) groups is 1. The van der Waals surface area contributed by atoms with E-state index >= 15 is 0 Å². The Morgan fingerprint density at radius 2 is 0.971 bits per heavy atom. The Morgan fingerprint density at radius 1 is 0.600 bits per heavy atom. The lowest BCUT2D eigenvalue weighted by Gasteiger charge is -2.42. The molecule has 1 rings (SSSR count). The highest BCUT2D eigenvalue weighted by Gasteiger charge is 2.95. The van der Waals surface area contributed by atoms with Crippen molar-refractivity contribution in [2.75, 3.05) is 7.11 Å². The van der Waals surface area contributed by atoms with E-state index in [0.717, 1.165) is 0 Å². The number of alkyl halides is 17. The number of hydrogen-bond donors (Lipinski definition) is 0. The number of ether oxygens (including phenoxy) is 1. The predicted octanol–water partition coefficient (Wildman–Crippen LogP) is 6.94. The molecule has 0 amide bonds. The number of halogens is 17. The molecule has 19 heteroatoms. The molecule has 0 spiro atoms. The van der Waals surface area contributed by atoms with Gasteiger partial charge < -0.3 is 4.74 Å². The molecule has 0 aliphatic carbocycles. The third-order valence-electron chi connectivity index (χ3n) is 4.37. The van der Waals surface area contributed by atoms with Crippen molar-refractivity contribution in [1.82, 2.24) is 0 Å². The third-order valence-corrected chi connectivity index (χ3v) is 4.37. The van der Waals surface area contributed by atoms with Crippen LogP contribution in [0.25, 0.3) is 0 Å². The summed E-state index contributed by atoms with van der Waals surface area (Å²) in [4.78, 5) is 11.2. The molecule has 0 N–H and O–H groups in total. The van der Waals surface area contributed by atoms with E-state index < -0.39 is 70.8 Å². The van der Waals surface area contributed by atoms with Crippen LogP contribution in [0.5, 0.6) is 0 Å². The van der Waals surface area contributed by atoms with Gasteiger partial charge in [-0.25, -0.2) is 4.79 Å². The Kier molecular flexibility index (Phi) is 7.22. The van der Waals surface area contributed by atoms with Crippen molar-refractivity contribution in [3.05, 3.63) is 35.4 Å². The van der Waals surface area contributed by atoms with Gasteiger partial charge in [0.1, 0.15) is 0 Å². The van der Waals surface area contributed by atoms with Gasteiger partial charge in [0.15, 0.2) is 0 Å². The molecule has 2 nitrogen and oxygen atoms in total. The molecular formula is C16H7F17O2. The molecule has 0 aromatic heterocycles. The summed E-state index contributed by atoms with van der Waals surface area (Å²) in [5.74, 6) is -58.8. The van der Waals surface area contributed by atoms with Gasteiger partial charge in [-0.1, -0.05) is 12.1 Å². The van der Waals surface area contributed by atoms with Crippen LogP contribution in [0, 0.1) is 0 Å². The van der Waals surface area contributed by atoms with Crippen LogP contribution in [0.4, 0.5) is 74.6 Å². The largest absolute Gasteiger partial charge is 0.465 e. The molecule has 1 aromatic carbocycles. The summed E-state index contributed by atoms with van der Waals surface area (Å²) in [6.07, 6.45) is -7.81. The average molecular weight is 554 g/mol. The van der Waals surface area contributed by atoms with E-state index in [0.29, 0.717) is 13.2 Å². The second-order valence-electron chi connectivity index (χ2n) is 6.59. The van der Waals surface area contributed by atoms with Crippen molar-refractivity contribution >= 4 is 5.97 Å². The van der Waals surface area contributed by atoms with E-state index in [1.54, 1.807) is 0 Å². The van der Waals surface area contributed by atoms with Crippen molar-refractivity contribution in [2.45, 2.75) is 47.6 Å². The van der Waals surface area contributed by atoms with E-state index in [9.17, 15) is 79.4 Å². The topological polar surface area (TPSA) is 26.3 Å². The van der Waals surface area contributed by atoms with Crippen LogP contribution in [0.15, 0.2) is 24.3 Å². The van der Waals surface area contributed by atoms with Gasteiger partial charge in [0.25, 0.3) is 0 Å². The molecule has 0 heterocycles. The van der Waals surface area contributed by atoms with Gasteiger partial charge in [0.05, 0.1) is 12.7 Å². The van der Waals surface area contributed by atoms with Crippen molar-refractivity contribution in [3.8, 4) is 0 Å². The fourth-order valence-corrected chi connectivity index (χ4v) is 2.30. The van der Waals surface area contributed by atoms with Gasteiger partial charge in [0.2, 0.25) is 0 Å². The van der Waals surface area contributed by atoms with Gasteiger partial charge in [-0.05, 0) is 12.1 Å². The molecule has 0 unspecified atom stereocenters. The Hall–Kier alpha value is -2.50. The van der Waals surface area contributed by atoms with Crippen LogP contribution in [0.3, 0.4) is 0 Å². The lowest BCUT2D eigenvalue weighted by atomic mass is 9.87. The molecular weight excluding hydrogens is 547 g/mol. The number of benzene rings is 1. The van der Waals surface area contributed by atoms with Crippen molar-refractivity contribution in [1.29, 1.82) is 0 Å². The average Bonchev–Trinajstić information content (AvgIpc) is 2.71. The first-order chi connectivity index (χ1) is 15.2. The second kappa shape index (κ2) is 8.28. The number of rotatable bonds is 8. The minimum atomic E-state index is -8.70. The van der Waals surface area contributed by atoms with Gasteiger partial charge in [-0.15, -0.1) is 0 Å². The van der Waals surface area contributed by atoms with Crippen LogP contribution in [0.1, 0.15) is 15.9 Å². The Morgan fingerprint density at radius 3 is 1.34 bits per heavy atom. The molecule has 0 fully saturated rings. The lowest BCUT2D eigenvalue weighted by molar-refractivity contribution is -0.462. The zero-order valence-electron chi connectivity index (χ0n) is 16.1. The van der Waals surface area contributed by atoms with Crippen molar-refractivity contribution < 1.29 is 84.2 Å². The van der Waals surface area contributed by atoms with Crippen molar-refractivity contribution in [3.63, 3.8) is 0 Å². The van der Waals surface area contributed by atoms with E-state index in [2.05, 4.69) is 4.74 Å². The van der Waals surface area contributed by atoms with E-state index in [1.807, 2.05) is 0 Å². The summed E-state index contributed by atoms with van der Waals surface area (Å²) < 4.78 is 230. The summed E-state index contributed by atoms with van der Waals surface area (Å²) in [6.45, 7) is 0. The van der Waals surface area contributed by atoms with Crippen LogP contribution >= 0.6 is 0 Å². The summed E-state index contributed by atoms with van der Waals surface area (Å²) in [7, 11) is 0.593. The van der Waals surface area contributed by atoms with Gasteiger partial charge in [-0.2, -0.15) is 74.6 Å². The maximum absolute atomic E-state index is 14.1. The summed E-state index contributed by atoms with van der Waals surface area (Å²) in [5.41, 5.74) is -3.62. The smallest absolute Gasteiger partial charge is 0.460 e. The first-order valence-corrected chi connectivity index (χ1v) is 8.10. The highest BCUT2D eigenvalue weighted by atomic mass is 19.4. The second-order valence-corrected chi connectivity index (χ2v) is 6.59. The van der Waals surface area contributed by atoms with Crippen molar-refractivity contribution in [2.24, 2.45) is 0 Å². The monoisotopic (exact) mass is 554 g/mol. The normalized spacial score (nSPS) is 15.3. The first-order valence-electron chi connectivity index (χ1n) is 8.10. The zero-order chi connectivity index (χ0) is 28.3. The Balaban J connectivity index is 3.74. The highest BCUT2D eigenvalue weighted by molar-refractivity contribution is 5.89. The first kappa shape index (κ1) is 30.5. The summed E-state index contributed by atoms with van der Waals surface area (Å²) >= 11 is 0. The Labute approximate surface area is 181 Å². The molecule has 0 aliphatic rings. The molecule has 202 valence electrons. The molecule has 0 atom stereocenters. The number of esters is 1. The van der Waals surface area contributed by atoms with Gasteiger partial charge in [-0.3, -0.25) is 0 Å². The maximum atomic E-state index is 14.1. The quantitative estimate of drug-likeness (QED) is 0.257. The zero-order valence-corrected chi connectivity index (χ0v) is 16.1. The minimum Gasteiger partial charge on any atom is -0.465 e. The Bertz CT molecular complexity index is 948. The SMILES string of the molecule is COC(=O)c1cccc(C(F)(F)C(F)(F)C(F)(F)C(F)(F)C(F)(F)C(F)(F)C(F)(F)C(F)(F)F)c1. The van der Waals surface area contributed by atoms with Gasteiger partial charge in [0, 0.05) is 5.56 Å². The van der Waals surface area contributed by atoms with Crippen LogP contribution in [-0.2, 0) is 10.7 Å².